The van der Waals surface area contributed by atoms with Gasteiger partial charge in [-0.15, -0.1) is 0 Å². The van der Waals surface area contributed by atoms with Crippen LogP contribution in [0.25, 0.3) is 6.08 Å². The largest absolute Gasteiger partial charge is 0.496 e. The molecule has 0 saturated carbocycles. The molecule has 7 heteroatoms. The number of benzene rings is 2. The van der Waals surface area contributed by atoms with E-state index in [1.54, 1.807) is 12.1 Å². The van der Waals surface area contributed by atoms with E-state index in [4.69, 9.17) is 18.9 Å². The Morgan fingerprint density at radius 1 is 0.967 bits per heavy atom. The van der Waals surface area contributed by atoms with E-state index >= 15 is 0 Å². The minimum Gasteiger partial charge on any atom is -0.496 e. The fourth-order valence-electron chi connectivity index (χ4n) is 2.68. The van der Waals surface area contributed by atoms with Crippen LogP contribution in [0.3, 0.4) is 0 Å². The predicted octanol–water partition coefficient (Wildman–Crippen LogP) is 3.86. The molecule has 0 fully saturated rings. The molecule has 0 aliphatic carbocycles. The Labute approximate surface area is 176 Å². The molecule has 2 rings (SSSR count). The molecule has 2 aromatic rings. The van der Waals surface area contributed by atoms with Crippen LogP contribution in [-0.2, 0) is 20.7 Å². The van der Waals surface area contributed by atoms with Gasteiger partial charge in [-0.3, -0.25) is 4.79 Å². The van der Waals surface area contributed by atoms with Gasteiger partial charge in [-0.25, -0.2) is 4.79 Å². The number of hydrogen-bond donors (Lipinski definition) is 1. The van der Waals surface area contributed by atoms with Gasteiger partial charge >= 0.3 is 5.97 Å². The maximum atomic E-state index is 12.3. The minimum absolute atomic E-state index is 0.412. The molecule has 1 unspecified atom stereocenters. The highest BCUT2D eigenvalue weighted by atomic mass is 16.5. The number of rotatable bonds is 9. The fraction of sp³-hybridized carbons (Fsp3) is 0.304. The monoisotopic (exact) mass is 413 g/mol. The predicted molar refractivity (Wildman–Crippen MR) is 115 cm³/mol. The van der Waals surface area contributed by atoms with Crippen LogP contribution < -0.4 is 19.5 Å². The first kappa shape index (κ1) is 22.8. The molecule has 0 saturated heterocycles. The van der Waals surface area contributed by atoms with Crippen molar-refractivity contribution in [2.75, 3.05) is 26.6 Å². The van der Waals surface area contributed by atoms with E-state index in [0.29, 0.717) is 28.5 Å². The first-order chi connectivity index (χ1) is 14.4. The molecule has 0 heterocycles. The highest BCUT2D eigenvalue weighted by molar-refractivity contribution is 5.96. The highest BCUT2D eigenvalue weighted by Gasteiger charge is 2.17. The lowest BCUT2D eigenvalue weighted by Crippen LogP contribution is -2.29. The standard InChI is InChI=1S/C23H27NO6/c1-6-16-7-10-18(11-8-16)24-23(26)15(2)30-22(25)12-9-17-13-20(28-4)21(29-5)14-19(17)27-3/h7-15H,6H2,1-5H3,(H,24,26)/b12-9+. The van der Waals surface area contributed by atoms with E-state index in [2.05, 4.69) is 12.2 Å². The zero-order chi connectivity index (χ0) is 22.1. The zero-order valence-electron chi connectivity index (χ0n) is 17.9. The normalized spacial score (nSPS) is 11.6. The van der Waals surface area contributed by atoms with Crippen LogP contribution in [0.5, 0.6) is 17.2 Å². The summed E-state index contributed by atoms with van der Waals surface area (Å²) in [6, 6.07) is 10.8. The van der Waals surface area contributed by atoms with Gasteiger partial charge in [-0.05, 0) is 43.2 Å². The number of carbonyl (C=O) groups is 2. The number of anilines is 1. The zero-order valence-corrected chi connectivity index (χ0v) is 17.9. The van der Waals surface area contributed by atoms with Gasteiger partial charge in [0, 0.05) is 23.4 Å². The maximum Gasteiger partial charge on any atom is 0.331 e. The summed E-state index contributed by atoms with van der Waals surface area (Å²) in [6.07, 6.45) is 2.71. The quantitative estimate of drug-likeness (QED) is 0.497. The van der Waals surface area contributed by atoms with Crippen molar-refractivity contribution in [1.29, 1.82) is 0 Å². The van der Waals surface area contributed by atoms with E-state index < -0.39 is 18.0 Å². The number of carbonyl (C=O) groups excluding carboxylic acids is 2. The molecule has 0 spiro atoms. The molecule has 0 aliphatic rings. The molecule has 1 amide bonds. The van der Waals surface area contributed by atoms with Crippen LogP contribution in [0.2, 0.25) is 0 Å². The lowest BCUT2D eigenvalue weighted by molar-refractivity contribution is -0.148. The van der Waals surface area contributed by atoms with Crippen LogP contribution in [0, 0.1) is 0 Å². The van der Waals surface area contributed by atoms with Crippen LogP contribution in [0.4, 0.5) is 5.69 Å². The molecule has 160 valence electrons. The summed E-state index contributed by atoms with van der Waals surface area (Å²) in [5.74, 6) is 0.429. The Morgan fingerprint density at radius 2 is 1.57 bits per heavy atom. The SMILES string of the molecule is CCc1ccc(NC(=O)C(C)OC(=O)/C=C/c2cc(OC)c(OC)cc2OC)cc1. The molecular formula is C23H27NO6. The molecule has 1 atom stereocenters. The molecule has 1 N–H and O–H groups in total. The van der Waals surface area contributed by atoms with E-state index in [1.807, 2.05) is 24.3 Å². The fourth-order valence-corrected chi connectivity index (χ4v) is 2.68. The summed E-state index contributed by atoms with van der Waals surface area (Å²) in [4.78, 5) is 24.4. The van der Waals surface area contributed by atoms with Crippen molar-refractivity contribution in [3.63, 3.8) is 0 Å². The Kier molecular flexibility index (Phi) is 8.29. The molecule has 7 nitrogen and oxygen atoms in total. The molecule has 0 bridgehead atoms. The van der Waals surface area contributed by atoms with Gasteiger partial charge < -0.3 is 24.3 Å². The highest BCUT2D eigenvalue weighted by Crippen LogP contribution is 2.35. The third kappa shape index (κ3) is 6.01. The summed E-state index contributed by atoms with van der Waals surface area (Å²) in [7, 11) is 4.55. The number of ether oxygens (including phenoxy) is 4. The molecule has 0 radical (unpaired) electrons. The third-order valence-electron chi connectivity index (χ3n) is 4.43. The van der Waals surface area contributed by atoms with E-state index in [0.717, 1.165) is 6.42 Å². The van der Waals surface area contributed by atoms with Gasteiger partial charge in [0.05, 0.1) is 21.3 Å². The number of hydrogen-bond acceptors (Lipinski definition) is 6. The maximum absolute atomic E-state index is 12.3. The Balaban J connectivity index is 2.01. The smallest absolute Gasteiger partial charge is 0.331 e. The number of nitrogens with one attached hydrogen (secondary N) is 1. The van der Waals surface area contributed by atoms with Gasteiger partial charge in [0.15, 0.2) is 17.6 Å². The van der Waals surface area contributed by atoms with Gasteiger partial charge in [-0.2, -0.15) is 0 Å². The van der Waals surface area contributed by atoms with Crippen molar-refractivity contribution in [3.8, 4) is 17.2 Å². The molecule has 30 heavy (non-hydrogen) atoms. The van der Waals surface area contributed by atoms with Crippen LogP contribution in [-0.4, -0.2) is 39.3 Å². The Morgan fingerprint density at radius 3 is 2.13 bits per heavy atom. The summed E-state index contributed by atoms with van der Waals surface area (Å²) in [5, 5.41) is 2.73. The lowest BCUT2D eigenvalue weighted by atomic mass is 10.1. The summed E-state index contributed by atoms with van der Waals surface area (Å²) in [5.41, 5.74) is 2.41. The van der Waals surface area contributed by atoms with Crippen molar-refractivity contribution in [1.82, 2.24) is 0 Å². The second kappa shape index (κ2) is 10.9. The topological polar surface area (TPSA) is 83.1 Å². The number of methoxy groups -OCH3 is 3. The van der Waals surface area contributed by atoms with Crippen molar-refractivity contribution in [2.24, 2.45) is 0 Å². The van der Waals surface area contributed by atoms with E-state index in [9.17, 15) is 9.59 Å². The number of esters is 1. The first-order valence-corrected chi connectivity index (χ1v) is 9.50. The van der Waals surface area contributed by atoms with Gasteiger partial charge in [0.25, 0.3) is 5.91 Å². The van der Waals surface area contributed by atoms with Crippen LogP contribution >= 0.6 is 0 Å². The van der Waals surface area contributed by atoms with Crippen molar-refractivity contribution in [2.45, 2.75) is 26.4 Å². The first-order valence-electron chi connectivity index (χ1n) is 9.50. The van der Waals surface area contributed by atoms with Gasteiger partial charge in [0.1, 0.15) is 5.75 Å². The third-order valence-corrected chi connectivity index (χ3v) is 4.43. The van der Waals surface area contributed by atoms with Gasteiger partial charge in [-0.1, -0.05) is 19.1 Å². The van der Waals surface area contributed by atoms with E-state index in [1.165, 1.54) is 46.0 Å². The number of amides is 1. The Bertz CT molecular complexity index is 905. The summed E-state index contributed by atoms with van der Waals surface area (Å²) < 4.78 is 21.0. The minimum atomic E-state index is -0.958. The van der Waals surface area contributed by atoms with Crippen LogP contribution in [0.1, 0.15) is 25.0 Å². The summed E-state index contributed by atoms with van der Waals surface area (Å²) in [6.45, 7) is 3.57. The number of aryl methyl sites for hydroxylation is 1. The molecule has 0 aliphatic heterocycles. The average Bonchev–Trinajstić information content (AvgIpc) is 2.77. The lowest BCUT2D eigenvalue weighted by Gasteiger charge is -2.13. The molecule has 2 aromatic carbocycles. The second-order valence-corrected chi connectivity index (χ2v) is 6.40. The average molecular weight is 413 g/mol. The van der Waals surface area contributed by atoms with Crippen molar-refractivity contribution in [3.05, 3.63) is 53.6 Å². The molecule has 0 aromatic heterocycles. The second-order valence-electron chi connectivity index (χ2n) is 6.40. The molecular weight excluding hydrogens is 386 g/mol. The van der Waals surface area contributed by atoms with Crippen LogP contribution in [0.15, 0.2) is 42.5 Å². The van der Waals surface area contributed by atoms with Crippen molar-refractivity contribution < 1.29 is 28.5 Å². The Hall–Kier alpha value is -3.48. The van der Waals surface area contributed by atoms with Gasteiger partial charge in [0.2, 0.25) is 0 Å². The summed E-state index contributed by atoms with van der Waals surface area (Å²) >= 11 is 0. The van der Waals surface area contributed by atoms with Crippen molar-refractivity contribution >= 4 is 23.6 Å². The van der Waals surface area contributed by atoms with E-state index in [-0.39, 0.29) is 0 Å².